The minimum absolute atomic E-state index is 0.278. The largest absolute Gasteiger partial charge is 0.364 e. The second-order valence-corrected chi connectivity index (χ2v) is 4.32. The molecule has 0 radical (unpaired) electrons. The van der Waals surface area contributed by atoms with E-state index in [0.717, 1.165) is 22.0 Å². The number of hydrogen-bond acceptors (Lipinski definition) is 1. The summed E-state index contributed by atoms with van der Waals surface area (Å²) in [4.78, 5) is 14.2. The van der Waals surface area contributed by atoms with E-state index < -0.39 is 5.91 Å². The first-order valence-electron chi connectivity index (χ1n) is 5.82. The smallest absolute Gasteiger partial charge is 0.265 e. The normalized spacial score (nSPS) is 10.8. The zero-order chi connectivity index (χ0) is 13.4. The molecule has 1 heterocycles. The number of halogens is 1. The number of aromatic amines is 1. The molecule has 4 heteroatoms. The van der Waals surface area contributed by atoms with Gasteiger partial charge in [-0.3, -0.25) is 4.79 Å². The lowest BCUT2D eigenvalue weighted by atomic mass is 10.0. The summed E-state index contributed by atoms with van der Waals surface area (Å²) >= 11 is 0. The van der Waals surface area contributed by atoms with Crippen LogP contribution in [0.25, 0.3) is 22.0 Å². The topological polar surface area (TPSA) is 58.9 Å². The molecule has 0 aliphatic rings. The predicted octanol–water partition coefficient (Wildman–Crippen LogP) is 3.07. The van der Waals surface area contributed by atoms with Gasteiger partial charge in [0.2, 0.25) is 0 Å². The molecule has 0 aliphatic heterocycles. The van der Waals surface area contributed by atoms with Gasteiger partial charge in [0.15, 0.2) is 0 Å². The van der Waals surface area contributed by atoms with Gasteiger partial charge in [-0.25, -0.2) is 4.39 Å². The van der Waals surface area contributed by atoms with Crippen molar-refractivity contribution in [2.75, 3.05) is 0 Å². The molecular formula is C15H11FN2O. The molecule has 1 amide bonds. The second-order valence-electron chi connectivity index (χ2n) is 4.32. The van der Waals surface area contributed by atoms with Crippen molar-refractivity contribution in [3.05, 3.63) is 60.0 Å². The third-order valence-corrected chi connectivity index (χ3v) is 3.08. The summed E-state index contributed by atoms with van der Waals surface area (Å²) in [5, 5.41) is 0.899. The van der Waals surface area contributed by atoms with E-state index in [1.807, 2.05) is 18.2 Å². The minimum Gasteiger partial charge on any atom is -0.364 e. The van der Waals surface area contributed by atoms with Gasteiger partial charge in [-0.15, -0.1) is 0 Å². The van der Waals surface area contributed by atoms with Crippen LogP contribution < -0.4 is 5.73 Å². The van der Waals surface area contributed by atoms with Crippen LogP contribution in [0.2, 0.25) is 0 Å². The Kier molecular flexibility index (Phi) is 2.56. The first kappa shape index (κ1) is 11.5. The number of para-hydroxylation sites is 1. The summed E-state index contributed by atoms with van der Waals surface area (Å²) in [6.45, 7) is 0. The average Bonchev–Trinajstić information content (AvgIpc) is 2.83. The lowest BCUT2D eigenvalue weighted by Gasteiger charge is -2.03. The van der Waals surface area contributed by atoms with Crippen LogP contribution in [0.3, 0.4) is 0 Å². The fraction of sp³-hybridized carbons (Fsp3) is 0. The van der Waals surface area contributed by atoms with Gasteiger partial charge >= 0.3 is 0 Å². The SMILES string of the molecule is NC(=O)c1cc2cccc(-c3ccc(F)cc3)c2[nH]1. The quantitative estimate of drug-likeness (QED) is 0.725. The van der Waals surface area contributed by atoms with Gasteiger partial charge in [-0.05, 0) is 23.8 Å². The van der Waals surface area contributed by atoms with E-state index in [2.05, 4.69) is 4.98 Å². The summed E-state index contributed by atoms with van der Waals surface area (Å²) in [6, 6.07) is 13.6. The molecule has 0 atom stereocenters. The lowest BCUT2D eigenvalue weighted by molar-refractivity contribution is 0.0996. The van der Waals surface area contributed by atoms with Crippen LogP contribution in [0.5, 0.6) is 0 Å². The Morgan fingerprint density at radius 3 is 2.53 bits per heavy atom. The molecule has 0 spiro atoms. The molecular weight excluding hydrogens is 243 g/mol. The molecule has 3 aromatic rings. The Morgan fingerprint density at radius 2 is 1.84 bits per heavy atom. The van der Waals surface area contributed by atoms with Crippen LogP contribution in [-0.4, -0.2) is 10.9 Å². The summed E-state index contributed by atoms with van der Waals surface area (Å²) in [7, 11) is 0. The molecule has 0 aliphatic carbocycles. The Bertz CT molecular complexity index is 759. The number of hydrogen-bond donors (Lipinski definition) is 2. The third kappa shape index (κ3) is 1.97. The van der Waals surface area contributed by atoms with Crippen LogP contribution in [0.4, 0.5) is 4.39 Å². The number of rotatable bonds is 2. The second kappa shape index (κ2) is 4.24. The highest BCUT2D eigenvalue weighted by atomic mass is 19.1. The Morgan fingerprint density at radius 1 is 1.11 bits per heavy atom. The number of carbonyl (C=O) groups is 1. The van der Waals surface area contributed by atoms with E-state index in [-0.39, 0.29) is 5.82 Å². The van der Waals surface area contributed by atoms with Crippen molar-refractivity contribution in [3.63, 3.8) is 0 Å². The number of fused-ring (bicyclic) bond motifs is 1. The van der Waals surface area contributed by atoms with Crippen molar-refractivity contribution in [2.24, 2.45) is 5.73 Å². The van der Waals surface area contributed by atoms with Crippen LogP contribution in [0.15, 0.2) is 48.5 Å². The van der Waals surface area contributed by atoms with Crippen molar-refractivity contribution in [1.29, 1.82) is 0 Å². The van der Waals surface area contributed by atoms with Crippen molar-refractivity contribution < 1.29 is 9.18 Å². The predicted molar refractivity (Wildman–Crippen MR) is 72.2 cm³/mol. The Balaban J connectivity index is 2.23. The fourth-order valence-electron chi connectivity index (χ4n) is 2.16. The summed E-state index contributed by atoms with van der Waals surface area (Å²) in [6.07, 6.45) is 0. The first-order valence-corrected chi connectivity index (χ1v) is 5.82. The molecule has 0 saturated carbocycles. The van der Waals surface area contributed by atoms with Crippen LogP contribution >= 0.6 is 0 Å². The maximum absolute atomic E-state index is 13.0. The van der Waals surface area contributed by atoms with Crippen LogP contribution in [-0.2, 0) is 0 Å². The standard InChI is InChI=1S/C15H11FN2O/c16-11-6-4-9(5-7-11)12-3-1-2-10-8-13(15(17)19)18-14(10)12/h1-8,18H,(H2,17,19). The molecule has 0 unspecified atom stereocenters. The molecule has 19 heavy (non-hydrogen) atoms. The van der Waals surface area contributed by atoms with E-state index in [0.29, 0.717) is 5.69 Å². The Hall–Kier alpha value is -2.62. The highest BCUT2D eigenvalue weighted by molar-refractivity contribution is 6.01. The van der Waals surface area contributed by atoms with Crippen molar-refractivity contribution >= 4 is 16.8 Å². The van der Waals surface area contributed by atoms with Gasteiger partial charge in [0.05, 0.1) is 5.52 Å². The molecule has 3 nitrogen and oxygen atoms in total. The van der Waals surface area contributed by atoms with Gasteiger partial charge in [0.25, 0.3) is 5.91 Å². The third-order valence-electron chi connectivity index (χ3n) is 3.08. The van der Waals surface area contributed by atoms with Crippen molar-refractivity contribution in [1.82, 2.24) is 4.98 Å². The number of nitrogens with one attached hydrogen (secondary N) is 1. The van der Waals surface area contributed by atoms with Gasteiger partial charge in [0.1, 0.15) is 11.5 Å². The van der Waals surface area contributed by atoms with Crippen LogP contribution in [0.1, 0.15) is 10.5 Å². The number of nitrogens with two attached hydrogens (primary N) is 1. The maximum Gasteiger partial charge on any atom is 0.265 e. The van der Waals surface area contributed by atoms with Crippen molar-refractivity contribution in [3.8, 4) is 11.1 Å². The van der Waals surface area contributed by atoms with E-state index in [1.165, 1.54) is 12.1 Å². The monoisotopic (exact) mass is 254 g/mol. The summed E-state index contributed by atoms with van der Waals surface area (Å²) in [5.41, 5.74) is 8.24. The molecule has 0 bridgehead atoms. The van der Waals surface area contributed by atoms with E-state index >= 15 is 0 Å². The highest BCUT2D eigenvalue weighted by Crippen LogP contribution is 2.28. The van der Waals surface area contributed by atoms with Gasteiger partial charge in [-0.2, -0.15) is 0 Å². The molecule has 94 valence electrons. The number of benzene rings is 2. The zero-order valence-corrected chi connectivity index (χ0v) is 9.98. The zero-order valence-electron chi connectivity index (χ0n) is 9.98. The van der Waals surface area contributed by atoms with E-state index in [1.54, 1.807) is 18.2 Å². The van der Waals surface area contributed by atoms with Gasteiger partial charge in [0, 0.05) is 10.9 Å². The Labute approximate surface area is 108 Å². The summed E-state index contributed by atoms with van der Waals surface area (Å²) < 4.78 is 13.0. The first-order chi connectivity index (χ1) is 9.15. The fourth-order valence-corrected chi connectivity index (χ4v) is 2.16. The van der Waals surface area contributed by atoms with Crippen molar-refractivity contribution in [2.45, 2.75) is 0 Å². The van der Waals surface area contributed by atoms with E-state index in [9.17, 15) is 9.18 Å². The molecule has 3 rings (SSSR count). The molecule has 1 aromatic heterocycles. The number of H-pyrrole nitrogens is 1. The van der Waals surface area contributed by atoms with Gasteiger partial charge in [-0.1, -0.05) is 30.3 Å². The number of primary amides is 1. The van der Waals surface area contributed by atoms with E-state index in [4.69, 9.17) is 5.73 Å². The molecule has 3 N–H and O–H groups in total. The number of amides is 1. The lowest BCUT2D eigenvalue weighted by Crippen LogP contribution is -2.10. The molecule has 2 aromatic carbocycles. The number of aromatic nitrogens is 1. The molecule has 0 saturated heterocycles. The number of carbonyl (C=O) groups excluding carboxylic acids is 1. The maximum atomic E-state index is 13.0. The summed E-state index contributed by atoms with van der Waals surface area (Å²) in [5.74, 6) is -0.776. The van der Waals surface area contributed by atoms with Gasteiger partial charge < -0.3 is 10.7 Å². The minimum atomic E-state index is -0.499. The highest BCUT2D eigenvalue weighted by Gasteiger charge is 2.09. The average molecular weight is 254 g/mol. The molecule has 0 fully saturated rings. The van der Waals surface area contributed by atoms with Crippen LogP contribution in [0, 0.1) is 5.82 Å².